The third kappa shape index (κ3) is 0.663. The summed E-state index contributed by atoms with van der Waals surface area (Å²) in [6, 6.07) is 0. The summed E-state index contributed by atoms with van der Waals surface area (Å²) in [4.78, 5) is 5.66. The smallest absolute Gasteiger partial charge is 0.0799 e. The Bertz CT molecular complexity index is 101. The summed E-state index contributed by atoms with van der Waals surface area (Å²) >= 11 is 0. The van der Waals surface area contributed by atoms with Crippen molar-refractivity contribution in [1.29, 1.82) is 0 Å². The first-order valence-corrected chi connectivity index (χ1v) is 4.32. The molecule has 3 saturated heterocycles. The molecule has 1 aliphatic carbocycles. The minimum atomic E-state index is 0.603. The van der Waals surface area contributed by atoms with E-state index in [9.17, 15) is 0 Å². The van der Waals surface area contributed by atoms with Gasteiger partial charge in [0.2, 0.25) is 0 Å². The molecule has 4 fully saturated rings. The summed E-state index contributed by atoms with van der Waals surface area (Å²) in [5.74, 6) is 1.96. The fraction of sp³-hybridized carbons (Fsp3) is 1.00. The van der Waals surface area contributed by atoms with Crippen molar-refractivity contribution in [1.82, 2.24) is 5.06 Å². The maximum Gasteiger partial charge on any atom is 0.0799 e. The monoisotopic (exact) mass is 139 g/mol. The maximum absolute atomic E-state index is 5.66. The maximum atomic E-state index is 5.66. The van der Waals surface area contributed by atoms with Crippen LogP contribution >= 0.6 is 0 Å². The molecule has 4 bridgehead atoms. The SMILES string of the molecule is C1C2CC3CC1CN(C2)O3. The standard InChI is InChI=1S/C8H13NO/c1-6-2-8-3-7(1)5-9(4-6)10-8/h6-8H,1-5H2. The number of hydrogen-bond donors (Lipinski definition) is 0. The largest absolute Gasteiger partial charge is 0.296 e. The molecule has 0 amide bonds. The van der Waals surface area contributed by atoms with Gasteiger partial charge in [-0.15, -0.1) is 0 Å². The van der Waals surface area contributed by atoms with Gasteiger partial charge in [0.05, 0.1) is 6.10 Å². The summed E-state index contributed by atoms with van der Waals surface area (Å²) in [5, 5.41) is 2.19. The molecule has 56 valence electrons. The van der Waals surface area contributed by atoms with Crippen LogP contribution in [0.25, 0.3) is 0 Å². The molecule has 0 aromatic carbocycles. The number of hydroxylamine groups is 2. The lowest BCUT2D eigenvalue weighted by molar-refractivity contribution is -0.292. The summed E-state index contributed by atoms with van der Waals surface area (Å²) in [5.41, 5.74) is 0. The van der Waals surface area contributed by atoms with Crippen LogP contribution in [0.15, 0.2) is 0 Å². The van der Waals surface area contributed by atoms with E-state index in [0.29, 0.717) is 6.10 Å². The third-order valence-corrected chi connectivity index (χ3v) is 3.08. The minimum absolute atomic E-state index is 0.603. The van der Waals surface area contributed by atoms with E-state index >= 15 is 0 Å². The second-order valence-electron chi connectivity index (χ2n) is 4.01. The van der Waals surface area contributed by atoms with Gasteiger partial charge in [-0.25, -0.2) is 0 Å². The van der Waals surface area contributed by atoms with Crippen LogP contribution in [0.2, 0.25) is 0 Å². The van der Waals surface area contributed by atoms with E-state index in [0.717, 1.165) is 11.8 Å². The molecule has 0 aromatic heterocycles. The molecule has 2 nitrogen and oxygen atoms in total. The van der Waals surface area contributed by atoms with Gasteiger partial charge in [-0.2, -0.15) is 5.06 Å². The molecule has 1 saturated carbocycles. The lowest BCUT2D eigenvalue weighted by Gasteiger charge is -2.50. The molecule has 3 aliphatic heterocycles. The second-order valence-corrected chi connectivity index (χ2v) is 4.01. The van der Waals surface area contributed by atoms with Gasteiger partial charge in [-0.05, 0) is 31.1 Å². The predicted octanol–water partition coefficient (Wildman–Crippen LogP) is 1.03. The molecule has 4 aliphatic rings. The van der Waals surface area contributed by atoms with Crippen molar-refractivity contribution in [2.24, 2.45) is 11.8 Å². The highest BCUT2D eigenvalue weighted by Gasteiger charge is 2.41. The highest BCUT2D eigenvalue weighted by Crippen LogP contribution is 2.40. The number of piperidine rings is 1. The van der Waals surface area contributed by atoms with Crippen molar-refractivity contribution in [3.8, 4) is 0 Å². The molecule has 2 unspecified atom stereocenters. The van der Waals surface area contributed by atoms with Crippen LogP contribution in [0, 0.1) is 11.8 Å². The average Bonchev–Trinajstić information content (AvgIpc) is 1.82. The first-order chi connectivity index (χ1) is 4.90. The fourth-order valence-corrected chi connectivity index (χ4v) is 2.84. The van der Waals surface area contributed by atoms with Crippen molar-refractivity contribution in [2.45, 2.75) is 25.4 Å². The minimum Gasteiger partial charge on any atom is -0.296 e. The molecule has 0 radical (unpaired) electrons. The van der Waals surface area contributed by atoms with Crippen LogP contribution in [-0.2, 0) is 4.84 Å². The van der Waals surface area contributed by atoms with Crippen LogP contribution in [-0.4, -0.2) is 24.3 Å². The molecular weight excluding hydrogens is 126 g/mol. The predicted molar refractivity (Wildman–Crippen MR) is 37.3 cm³/mol. The van der Waals surface area contributed by atoms with Crippen molar-refractivity contribution in [2.75, 3.05) is 13.1 Å². The topological polar surface area (TPSA) is 12.5 Å². The van der Waals surface area contributed by atoms with Gasteiger partial charge >= 0.3 is 0 Å². The molecule has 10 heavy (non-hydrogen) atoms. The Morgan fingerprint density at radius 3 is 2.20 bits per heavy atom. The van der Waals surface area contributed by atoms with Crippen LogP contribution in [0.1, 0.15) is 19.3 Å². The summed E-state index contributed by atoms with van der Waals surface area (Å²) in [7, 11) is 0. The highest BCUT2D eigenvalue weighted by molar-refractivity contribution is 4.89. The van der Waals surface area contributed by atoms with Crippen molar-refractivity contribution in [3.05, 3.63) is 0 Å². The van der Waals surface area contributed by atoms with Crippen molar-refractivity contribution < 1.29 is 4.84 Å². The quantitative estimate of drug-likeness (QED) is 0.497. The van der Waals surface area contributed by atoms with E-state index in [1.807, 2.05) is 0 Å². The number of rotatable bonds is 0. The van der Waals surface area contributed by atoms with Crippen molar-refractivity contribution in [3.63, 3.8) is 0 Å². The van der Waals surface area contributed by atoms with Gasteiger partial charge in [0.1, 0.15) is 0 Å². The normalized spacial score (nSPS) is 57.6. The Morgan fingerprint density at radius 1 is 1.00 bits per heavy atom. The van der Waals surface area contributed by atoms with Crippen LogP contribution < -0.4 is 0 Å². The number of hydrogen-bond acceptors (Lipinski definition) is 2. The summed E-state index contributed by atoms with van der Waals surface area (Å²) < 4.78 is 0. The van der Waals surface area contributed by atoms with Gasteiger partial charge < -0.3 is 0 Å². The molecule has 4 rings (SSSR count). The van der Waals surface area contributed by atoms with E-state index in [-0.39, 0.29) is 0 Å². The molecule has 2 atom stereocenters. The third-order valence-electron chi connectivity index (χ3n) is 3.08. The average molecular weight is 139 g/mol. The van der Waals surface area contributed by atoms with E-state index in [4.69, 9.17) is 4.84 Å². The van der Waals surface area contributed by atoms with E-state index < -0.39 is 0 Å². The fourth-order valence-electron chi connectivity index (χ4n) is 2.84. The Balaban J connectivity index is 1.90. The Kier molecular flexibility index (Phi) is 0.968. The number of nitrogens with zero attached hydrogens (tertiary/aromatic N) is 1. The molecule has 0 N–H and O–H groups in total. The van der Waals surface area contributed by atoms with E-state index in [2.05, 4.69) is 5.06 Å². The summed E-state index contributed by atoms with van der Waals surface area (Å²) in [6.45, 7) is 2.43. The van der Waals surface area contributed by atoms with E-state index in [1.165, 1.54) is 32.4 Å². The zero-order valence-electron chi connectivity index (χ0n) is 6.12. The van der Waals surface area contributed by atoms with Crippen LogP contribution in [0.5, 0.6) is 0 Å². The second kappa shape index (κ2) is 1.74. The molecule has 3 heterocycles. The lowest BCUT2D eigenvalue weighted by atomic mass is 9.76. The zero-order valence-corrected chi connectivity index (χ0v) is 6.12. The first kappa shape index (κ1) is 5.56. The zero-order chi connectivity index (χ0) is 6.55. The van der Waals surface area contributed by atoms with Gasteiger partial charge in [0, 0.05) is 13.1 Å². The van der Waals surface area contributed by atoms with Crippen LogP contribution in [0.3, 0.4) is 0 Å². The Labute approximate surface area is 61.1 Å². The Hall–Kier alpha value is -0.0800. The van der Waals surface area contributed by atoms with Gasteiger partial charge in [0.25, 0.3) is 0 Å². The molecule has 2 heteroatoms. The van der Waals surface area contributed by atoms with Gasteiger partial charge in [0.15, 0.2) is 0 Å². The van der Waals surface area contributed by atoms with Crippen molar-refractivity contribution >= 4 is 0 Å². The molecular formula is C8H13NO. The van der Waals surface area contributed by atoms with Gasteiger partial charge in [-0.1, -0.05) is 0 Å². The molecule has 0 aromatic rings. The highest BCUT2D eigenvalue weighted by atomic mass is 16.7. The molecule has 0 spiro atoms. The lowest BCUT2D eigenvalue weighted by Crippen LogP contribution is -2.54. The van der Waals surface area contributed by atoms with E-state index in [1.54, 1.807) is 0 Å². The first-order valence-electron chi connectivity index (χ1n) is 4.32. The summed E-state index contributed by atoms with van der Waals surface area (Å²) in [6.07, 6.45) is 4.77. The van der Waals surface area contributed by atoms with Gasteiger partial charge in [-0.3, -0.25) is 4.84 Å². The Morgan fingerprint density at radius 2 is 1.70 bits per heavy atom. The van der Waals surface area contributed by atoms with Crippen LogP contribution in [0.4, 0.5) is 0 Å².